The molecule has 7 heteroatoms. The molecule has 1 saturated heterocycles. The van der Waals surface area contributed by atoms with Gasteiger partial charge in [-0.1, -0.05) is 0 Å². The fraction of sp³-hybridized carbons (Fsp3) is 0.533. The maximum atomic E-state index is 12.5. The molecule has 1 aromatic rings. The lowest BCUT2D eigenvalue weighted by Crippen LogP contribution is -2.37. The lowest BCUT2D eigenvalue weighted by molar-refractivity contribution is 0.0539. The molecule has 0 radical (unpaired) electrons. The average Bonchev–Trinajstić information content (AvgIpc) is 3.05. The van der Waals surface area contributed by atoms with Crippen molar-refractivity contribution in [2.45, 2.75) is 30.8 Å². The van der Waals surface area contributed by atoms with Crippen LogP contribution in [0.25, 0.3) is 0 Å². The monoisotopic (exact) mass is 326 g/mol. The van der Waals surface area contributed by atoms with E-state index in [0.29, 0.717) is 18.7 Å². The van der Waals surface area contributed by atoms with Gasteiger partial charge in [0.05, 0.1) is 11.0 Å². The molecule has 0 saturated carbocycles. The summed E-state index contributed by atoms with van der Waals surface area (Å²) in [6.07, 6.45) is 2.11. The van der Waals surface area contributed by atoms with Crippen LogP contribution in [0.2, 0.25) is 0 Å². The Morgan fingerprint density at radius 1 is 1.36 bits per heavy atom. The molecule has 2 rings (SSSR count). The summed E-state index contributed by atoms with van der Waals surface area (Å²) in [7, 11) is -2.12. The van der Waals surface area contributed by atoms with Crippen molar-refractivity contribution in [3.63, 3.8) is 0 Å². The number of sulfonamides is 1. The second-order valence-corrected chi connectivity index (χ2v) is 7.10. The first-order chi connectivity index (χ1) is 10.5. The number of hydrogen-bond donors (Lipinski definition) is 1. The largest absolute Gasteiger partial charge is 0.376 e. The topological polar surface area (TPSA) is 75.7 Å². The van der Waals surface area contributed by atoms with Gasteiger partial charge in [-0.2, -0.15) is 0 Å². The minimum Gasteiger partial charge on any atom is -0.376 e. The number of nitrogens with one attached hydrogen (secondary N) is 1. The number of nitrogens with zero attached hydrogens (tertiary/aromatic N) is 1. The first-order valence-electron chi connectivity index (χ1n) is 7.42. The van der Waals surface area contributed by atoms with Gasteiger partial charge in [0.2, 0.25) is 10.0 Å². The Kier molecular flexibility index (Phi) is 5.55. The number of likely N-dealkylation sites (N-methyl/N-ethyl adjacent to an activating group) is 1. The summed E-state index contributed by atoms with van der Waals surface area (Å²) in [5.74, 6) is -0.105. The van der Waals surface area contributed by atoms with E-state index in [2.05, 4.69) is 4.72 Å². The summed E-state index contributed by atoms with van der Waals surface area (Å²) >= 11 is 0. The normalized spacial score (nSPS) is 18.4. The van der Waals surface area contributed by atoms with Crippen LogP contribution >= 0.6 is 0 Å². The lowest BCUT2D eigenvalue weighted by Gasteiger charge is -2.24. The second kappa shape index (κ2) is 7.21. The summed E-state index contributed by atoms with van der Waals surface area (Å²) in [4.78, 5) is 14.4. The standard InChI is InChI=1S/C15H22N2O4S/c1-3-17(11-13-5-4-10-21-13)15(18)12-6-8-14(9-7-12)22(19,20)16-2/h6-9,13,16H,3-5,10-11H2,1-2H3/t13-/m1/s1. The van der Waals surface area contributed by atoms with Crippen LogP contribution in [0.5, 0.6) is 0 Å². The Labute approximate surface area is 131 Å². The van der Waals surface area contributed by atoms with Gasteiger partial charge < -0.3 is 9.64 Å². The highest BCUT2D eigenvalue weighted by atomic mass is 32.2. The van der Waals surface area contributed by atoms with Crippen molar-refractivity contribution in [1.29, 1.82) is 0 Å². The van der Waals surface area contributed by atoms with E-state index in [0.717, 1.165) is 19.4 Å². The number of ether oxygens (including phenoxy) is 1. The molecule has 0 aromatic heterocycles. The molecule has 1 aromatic carbocycles. The van der Waals surface area contributed by atoms with Gasteiger partial charge in [0.25, 0.3) is 5.91 Å². The number of hydrogen-bond acceptors (Lipinski definition) is 4. The van der Waals surface area contributed by atoms with Gasteiger partial charge in [0.15, 0.2) is 0 Å². The third-order valence-electron chi connectivity index (χ3n) is 3.80. The molecule has 1 amide bonds. The molecule has 1 atom stereocenters. The van der Waals surface area contributed by atoms with E-state index in [1.54, 1.807) is 17.0 Å². The minimum absolute atomic E-state index is 0.104. The minimum atomic E-state index is -3.48. The van der Waals surface area contributed by atoms with Gasteiger partial charge in [-0.05, 0) is 51.1 Å². The molecule has 1 heterocycles. The molecule has 0 aliphatic carbocycles. The molecule has 22 heavy (non-hydrogen) atoms. The summed E-state index contributed by atoms with van der Waals surface area (Å²) in [6, 6.07) is 5.98. The van der Waals surface area contributed by atoms with Gasteiger partial charge in [-0.3, -0.25) is 4.79 Å². The molecule has 0 bridgehead atoms. The van der Waals surface area contributed by atoms with Gasteiger partial charge in [-0.15, -0.1) is 0 Å². The highest BCUT2D eigenvalue weighted by Gasteiger charge is 2.22. The zero-order valence-electron chi connectivity index (χ0n) is 12.9. The van der Waals surface area contributed by atoms with Crippen LogP contribution in [0, 0.1) is 0 Å². The van der Waals surface area contributed by atoms with E-state index in [1.807, 2.05) is 6.92 Å². The maximum absolute atomic E-state index is 12.5. The van der Waals surface area contributed by atoms with Crippen molar-refractivity contribution in [3.8, 4) is 0 Å². The quantitative estimate of drug-likeness (QED) is 0.853. The highest BCUT2D eigenvalue weighted by molar-refractivity contribution is 7.89. The molecule has 122 valence electrons. The molecule has 0 spiro atoms. The van der Waals surface area contributed by atoms with Crippen molar-refractivity contribution in [2.24, 2.45) is 0 Å². The highest BCUT2D eigenvalue weighted by Crippen LogP contribution is 2.16. The Morgan fingerprint density at radius 3 is 2.55 bits per heavy atom. The molecule has 1 aliphatic heterocycles. The Morgan fingerprint density at radius 2 is 2.05 bits per heavy atom. The summed E-state index contributed by atoms with van der Waals surface area (Å²) in [5, 5.41) is 0. The SMILES string of the molecule is CCN(C[C@H]1CCCO1)C(=O)c1ccc(S(=O)(=O)NC)cc1. The molecule has 1 N–H and O–H groups in total. The number of carbonyl (C=O) groups excluding carboxylic acids is 1. The molecule has 6 nitrogen and oxygen atoms in total. The van der Waals surface area contributed by atoms with E-state index in [9.17, 15) is 13.2 Å². The van der Waals surface area contributed by atoms with E-state index >= 15 is 0 Å². The van der Waals surface area contributed by atoms with Crippen LogP contribution in [0.1, 0.15) is 30.1 Å². The van der Waals surface area contributed by atoms with Gasteiger partial charge >= 0.3 is 0 Å². The molecular weight excluding hydrogens is 304 g/mol. The first kappa shape index (κ1) is 16.9. The van der Waals surface area contributed by atoms with Crippen molar-refractivity contribution in [3.05, 3.63) is 29.8 Å². The Hall–Kier alpha value is -1.44. The van der Waals surface area contributed by atoms with Crippen molar-refractivity contribution < 1.29 is 17.9 Å². The first-order valence-corrected chi connectivity index (χ1v) is 8.90. The molecule has 0 unspecified atom stereocenters. The molecule has 1 fully saturated rings. The molecule has 1 aliphatic rings. The maximum Gasteiger partial charge on any atom is 0.253 e. The Bertz CT molecular complexity index is 607. The summed E-state index contributed by atoms with van der Waals surface area (Å²) < 4.78 is 31.2. The van der Waals surface area contributed by atoms with Gasteiger partial charge in [-0.25, -0.2) is 13.1 Å². The van der Waals surface area contributed by atoms with Crippen LogP contribution in [0.3, 0.4) is 0 Å². The zero-order chi connectivity index (χ0) is 16.2. The third-order valence-corrected chi connectivity index (χ3v) is 5.23. The number of benzene rings is 1. The van der Waals surface area contributed by atoms with Crippen LogP contribution in [0.4, 0.5) is 0 Å². The predicted molar refractivity (Wildman–Crippen MR) is 83.2 cm³/mol. The van der Waals surface area contributed by atoms with E-state index in [1.165, 1.54) is 19.2 Å². The van der Waals surface area contributed by atoms with Crippen LogP contribution in [-0.2, 0) is 14.8 Å². The van der Waals surface area contributed by atoms with Crippen molar-refractivity contribution in [2.75, 3.05) is 26.7 Å². The van der Waals surface area contributed by atoms with Crippen LogP contribution in [0.15, 0.2) is 29.2 Å². The van der Waals surface area contributed by atoms with E-state index in [4.69, 9.17) is 4.74 Å². The second-order valence-electron chi connectivity index (χ2n) is 5.21. The fourth-order valence-corrected chi connectivity index (χ4v) is 3.20. The van der Waals surface area contributed by atoms with Crippen LogP contribution < -0.4 is 4.72 Å². The van der Waals surface area contributed by atoms with E-state index < -0.39 is 10.0 Å². The third kappa shape index (κ3) is 3.85. The van der Waals surface area contributed by atoms with Crippen molar-refractivity contribution in [1.82, 2.24) is 9.62 Å². The predicted octanol–water partition coefficient (Wildman–Crippen LogP) is 1.24. The van der Waals surface area contributed by atoms with E-state index in [-0.39, 0.29) is 16.9 Å². The summed E-state index contributed by atoms with van der Waals surface area (Å²) in [5.41, 5.74) is 0.481. The van der Waals surface area contributed by atoms with Gasteiger partial charge in [0.1, 0.15) is 0 Å². The average molecular weight is 326 g/mol. The number of rotatable bonds is 6. The smallest absolute Gasteiger partial charge is 0.253 e. The van der Waals surface area contributed by atoms with Crippen LogP contribution in [-0.4, -0.2) is 52.1 Å². The zero-order valence-corrected chi connectivity index (χ0v) is 13.7. The molecular formula is C15H22N2O4S. The fourth-order valence-electron chi connectivity index (χ4n) is 2.47. The lowest BCUT2D eigenvalue weighted by atomic mass is 10.1. The van der Waals surface area contributed by atoms with Crippen molar-refractivity contribution >= 4 is 15.9 Å². The number of amides is 1. The number of carbonyl (C=O) groups is 1. The summed E-state index contributed by atoms with van der Waals surface area (Å²) in [6.45, 7) is 3.85. The Balaban J connectivity index is 2.10. The van der Waals surface area contributed by atoms with Gasteiger partial charge in [0, 0.05) is 25.3 Å².